The summed E-state index contributed by atoms with van der Waals surface area (Å²) in [5.74, 6) is 0.325. The van der Waals surface area contributed by atoms with Crippen LogP contribution in [-0.2, 0) is 0 Å². The zero-order valence-electron chi connectivity index (χ0n) is 13.9. The van der Waals surface area contributed by atoms with Crippen LogP contribution in [0.1, 0.15) is 10.4 Å². The van der Waals surface area contributed by atoms with Crippen molar-refractivity contribution in [2.24, 2.45) is 0 Å². The molecule has 26 heavy (non-hydrogen) atoms. The van der Waals surface area contributed by atoms with E-state index in [9.17, 15) is 9.59 Å². The van der Waals surface area contributed by atoms with E-state index in [1.54, 1.807) is 30.3 Å². The van der Waals surface area contributed by atoms with Gasteiger partial charge in [-0.1, -0.05) is 41.4 Å². The minimum atomic E-state index is -0.323. The summed E-state index contributed by atoms with van der Waals surface area (Å²) in [7, 11) is 0. The molecule has 0 aliphatic heterocycles. The van der Waals surface area contributed by atoms with Gasteiger partial charge in [-0.25, -0.2) is 9.78 Å². The summed E-state index contributed by atoms with van der Waals surface area (Å²) in [6.45, 7) is 1.49. The predicted octanol–water partition coefficient (Wildman–Crippen LogP) is 2.53. The normalized spacial score (nSPS) is 10.1. The van der Waals surface area contributed by atoms with Gasteiger partial charge in [-0.05, 0) is 18.2 Å². The van der Waals surface area contributed by atoms with E-state index in [2.05, 4.69) is 26.3 Å². The minimum absolute atomic E-state index is 0.177. The second-order valence-electron chi connectivity index (χ2n) is 5.22. The molecule has 0 fully saturated rings. The molecule has 0 radical (unpaired) electrons. The maximum absolute atomic E-state index is 11.8. The van der Waals surface area contributed by atoms with Crippen molar-refractivity contribution in [1.82, 2.24) is 20.9 Å². The number of amides is 3. The zero-order valence-corrected chi connectivity index (χ0v) is 15.4. The summed E-state index contributed by atoms with van der Waals surface area (Å²) >= 11 is 11.8. The summed E-state index contributed by atoms with van der Waals surface area (Å²) < 4.78 is 0. The summed E-state index contributed by atoms with van der Waals surface area (Å²) in [5.41, 5.74) is 0.581. The molecule has 0 bridgehead atoms. The summed E-state index contributed by atoms with van der Waals surface area (Å²) in [6, 6.07) is 10.1. The third kappa shape index (κ3) is 6.78. The van der Waals surface area contributed by atoms with Crippen molar-refractivity contribution in [3.63, 3.8) is 0 Å². The van der Waals surface area contributed by atoms with Crippen LogP contribution >= 0.6 is 23.2 Å². The van der Waals surface area contributed by atoms with Gasteiger partial charge in [-0.15, -0.1) is 0 Å². The highest BCUT2D eigenvalue weighted by atomic mass is 35.5. The van der Waals surface area contributed by atoms with Gasteiger partial charge in [0.25, 0.3) is 5.91 Å². The number of aromatic nitrogens is 1. The number of carbonyl (C=O) groups excluding carboxylic acids is 2. The molecule has 0 saturated heterocycles. The van der Waals surface area contributed by atoms with E-state index in [0.717, 1.165) is 0 Å². The third-order valence-corrected chi connectivity index (χ3v) is 3.74. The average molecular weight is 396 g/mol. The topological polar surface area (TPSA) is 95.2 Å². The van der Waals surface area contributed by atoms with Crippen molar-refractivity contribution >= 4 is 41.0 Å². The Morgan fingerprint density at radius 1 is 0.923 bits per heavy atom. The molecule has 9 heteroatoms. The van der Waals surface area contributed by atoms with Crippen LogP contribution in [0.3, 0.4) is 0 Å². The molecule has 2 rings (SSSR count). The Morgan fingerprint density at radius 3 is 2.27 bits per heavy atom. The first-order chi connectivity index (χ1) is 12.6. The highest BCUT2D eigenvalue weighted by molar-refractivity contribution is 6.35. The minimum Gasteiger partial charge on any atom is -0.367 e. The maximum atomic E-state index is 11.8. The first-order valence-corrected chi connectivity index (χ1v) is 8.71. The Bertz CT molecular complexity index is 743. The van der Waals surface area contributed by atoms with E-state index in [4.69, 9.17) is 23.2 Å². The number of benzene rings is 1. The number of nitrogens with one attached hydrogen (secondary N) is 4. The molecule has 0 saturated carbocycles. The predicted molar refractivity (Wildman–Crippen MR) is 103 cm³/mol. The van der Waals surface area contributed by atoms with Gasteiger partial charge in [0, 0.05) is 37.9 Å². The molecule has 0 atom stereocenters. The van der Waals surface area contributed by atoms with Crippen molar-refractivity contribution < 1.29 is 9.59 Å². The molecule has 1 aromatic heterocycles. The number of halogens is 2. The fourth-order valence-electron chi connectivity index (χ4n) is 2.01. The van der Waals surface area contributed by atoms with E-state index < -0.39 is 0 Å². The van der Waals surface area contributed by atoms with E-state index in [1.807, 2.05) is 6.07 Å². The van der Waals surface area contributed by atoms with E-state index >= 15 is 0 Å². The molecule has 1 aromatic carbocycles. The van der Waals surface area contributed by atoms with Crippen LogP contribution in [-0.4, -0.2) is 43.1 Å². The smallest absolute Gasteiger partial charge is 0.314 e. The van der Waals surface area contributed by atoms with E-state index in [1.165, 1.54) is 6.20 Å². The van der Waals surface area contributed by atoms with Crippen LogP contribution in [0.2, 0.25) is 10.0 Å². The summed E-state index contributed by atoms with van der Waals surface area (Å²) in [6.07, 6.45) is 1.49. The van der Waals surface area contributed by atoms with Crippen LogP contribution in [0.5, 0.6) is 0 Å². The van der Waals surface area contributed by atoms with Crippen LogP contribution < -0.4 is 21.3 Å². The first-order valence-electron chi connectivity index (χ1n) is 7.96. The summed E-state index contributed by atoms with van der Waals surface area (Å²) in [5, 5.41) is 11.9. The average Bonchev–Trinajstić information content (AvgIpc) is 2.64. The van der Waals surface area contributed by atoms with Crippen LogP contribution in [0, 0.1) is 0 Å². The quantitative estimate of drug-likeness (QED) is 0.516. The number of nitrogens with zero attached hydrogens (tertiary/aromatic N) is 1. The highest BCUT2D eigenvalue weighted by Crippen LogP contribution is 2.21. The van der Waals surface area contributed by atoms with Gasteiger partial charge < -0.3 is 21.3 Å². The maximum Gasteiger partial charge on any atom is 0.314 e. The molecule has 1 heterocycles. The molecular formula is C17H19Cl2N5O2. The van der Waals surface area contributed by atoms with E-state index in [0.29, 0.717) is 47.6 Å². The molecule has 4 N–H and O–H groups in total. The molecule has 0 aliphatic rings. The lowest BCUT2D eigenvalue weighted by atomic mass is 10.2. The van der Waals surface area contributed by atoms with Crippen molar-refractivity contribution in [3.05, 3.63) is 58.2 Å². The number of anilines is 1. The molecule has 138 valence electrons. The van der Waals surface area contributed by atoms with E-state index in [-0.39, 0.29) is 11.9 Å². The Kier molecular flexibility index (Phi) is 7.98. The van der Waals surface area contributed by atoms with Crippen molar-refractivity contribution in [2.75, 3.05) is 31.5 Å². The van der Waals surface area contributed by atoms with Crippen molar-refractivity contribution in [3.8, 4) is 0 Å². The molecule has 3 amide bonds. The lowest BCUT2D eigenvalue weighted by molar-refractivity contribution is 0.0954. The molecule has 0 spiro atoms. The van der Waals surface area contributed by atoms with Crippen molar-refractivity contribution in [2.45, 2.75) is 0 Å². The Labute approximate surface area is 161 Å². The number of pyridine rings is 1. The van der Waals surface area contributed by atoms with Crippen LogP contribution in [0.15, 0.2) is 42.6 Å². The van der Waals surface area contributed by atoms with Crippen molar-refractivity contribution in [1.29, 1.82) is 0 Å². The largest absolute Gasteiger partial charge is 0.367 e. The Balaban J connectivity index is 1.56. The molecule has 0 unspecified atom stereocenters. The first kappa shape index (κ1) is 19.8. The number of rotatable bonds is 8. The fourth-order valence-corrected chi connectivity index (χ4v) is 2.45. The van der Waals surface area contributed by atoms with Crippen LogP contribution in [0.4, 0.5) is 10.6 Å². The number of carbonyl (C=O) groups is 2. The van der Waals surface area contributed by atoms with Gasteiger partial charge in [-0.3, -0.25) is 4.79 Å². The summed E-state index contributed by atoms with van der Waals surface area (Å²) in [4.78, 5) is 27.5. The Morgan fingerprint density at radius 2 is 1.58 bits per heavy atom. The third-order valence-electron chi connectivity index (χ3n) is 3.24. The second kappa shape index (κ2) is 10.5. The number of hydrogen-bond acceptors (Lipinski definition) is 4. The highest BCUT2D eigenvalue weighted by Gasteiger charge is 2.05. The van der Waals surface area contributed by atoms with Gasteiger partial charge in [-0.2, -0.15) is 0 Å². The lowest BCUT2D eigenvalue weighted by Crippen LogP contribution is -2.41. The number of urea groups is 1. The van der Waals surface area contributed by atoms with Gasteiger partial charge in [0.1, 0.15) is 5.82 Å². The lowest BCUT2D eigenvalue weighted by Gasteiger charge is -2.10. The fraction of sp³-hybridized carbons (Fsp3) is 0.235. The zero-order chi connectivity index (χ0) is 18.8. The van der Waals surface area contributed by atoms with Crippen LogP contribution in [0.25, 0.3) is 0 Å². The molecule has 0 aliphatic carbocycles. The number of hydrogen-bond donors (Lipinski definition) is 4. The second-order valence-corrected chi connectivity index (χ2v) is 6.06. The molecular weight excluding hydrogens is 377 g/mol. The standard InChI is InChI=1S/C17H19Cl2N5O2/c18-13-10-14(19)15(24-11-13)20-6-8-22-17(26)23-9-7-21-16(25)12-4-2-1-3-5-12/h1-5,10-11H,6-9H2,(H,20,24)(H,21,25)(H2,22,23,26). The Hall–Kier alpha value is -2.51. The van der Waals surface area contributed by atoms with Gasteiger partial charge in [0.05, 0.1) is 10.0 Å². The van der Waals surface area contributed by atoms with Gasteiger partial charge in [0.15, 0.2) is 0 Å². The van der Waals surface area contributed by atoms with Gasteiger partial charge in [0.2, 0.25) is 0 Å². The molecule has 7 nitrogen and oxygen atoms in total. The molecule has 2 aromatic rings. The SMILES string of the molecule is O=C(NCCNC(=O)c1ccccc1)NCCNc1ncc(Cl)cc1Cl. The van der Waals surface area contributed by atoms with Gasteiger partial charge >= 0.3 is 6.03 Å². The monoisotopic (exact) mass is 395 g/mol.